The van der Waals surface area contributed by atoms with Crippen LogP contribution in [-0.4, -0.2) is 27.4 Å². The number of para-hydroxylation sites is 1. The summed E-state index contributed by atoms with van der Waals surface area (Å²) in [4.78, 5) is 35.3. The van der Waals surface area contributed by atoms with E-state index in [2.05, 4.69) is 29.1 Å². The van der Waals surface area contributed by atoms with Crippen molar-refractivity contribution in [2.45, 2.75) is 32.7 Å². The van der Waals surface area contributed by atoms with Crippen LogP contribution in [0.1, 0.15) is 33.5 Å². The summed E-state index contributed by atoms with van der Waals surface area (Å²) in [5.41, 5.74) is 2.21. The molecule has 26 heavy (non-hydrogen) atoms. The molecule has 0 spiro atoms. The standard InChI is InChI=1S/C19H19N3O2S2/c1-10-12(3)26-19-17(10)18(20-13(4)21-19)25-9-16(24)22-15-8-6-5-7-14(15)11(2)23/h5-8H,9H2,1-4H3,(H,22,24). The maximum atomic E-state index is 12.4. The first-order valence-corrected chi connectivity index (χ1v) is 9.94. The molecule has 2 heterocycles. The number of nitrogens with zero attached hydrogens (tertiary/aromatic N) is 2. The number of anilines is 1. The number of benzene rings is 1. The Morgan fingerprint density at radius 3 is 2.62 bits per heavy atom. The Morgan fingerprint density at radius 2 is 1.88 bits per heavy atom. The summed E-state index contributed by atoms with van der Waals surface area (Å²) in [6, 6.07) is 7.02. The van der Waals surface area contributed by atoms with Gasteiger partial charge in [0, 0.05) is 15.8 Å². The smallest absolute Gasteiger partial charge is 0.234 e. The lowest BCUT2D eigenvalue weighted by Gasteiger charge is -2.09. The van der Waals surface area contributed by atoms with Gasteiger partial charge in [0.05, 0.1) is 11.4 Å². The first kappa shape index (κ1) is 18.5. The number of aromatic nitrogens is 2. The zero-order valence-corrected chi connectivity index (χ0v) is 16.7. The Morgan fingerprint density at radius 1 is 1.15 bits per heavy atom. The van der Waals surface area contributed by atoms with E-state index in [1.165, 1.54) is 23.6 Å². The normalized spacial score (nSPS) is 10.9. The van der Waals surface area contributed by atoms with Gasteiger partial charge in [0.1, 0.15) is 15.7 Å². The van der Waals surface area contributed by atoms with Crippen LogP contribution in [0.25, 0.3) is 10.2 Å². The lowest BCUT2D eigenvalue weighted by atomic mass is 10.1. The SMILES string of the molecule is CC(=O)c1ccccc1NC(=O)CSc1nc(C)nc2sc(C)c(C)c12. The van der Waals surface area contributed by atoms with E-state index >= 15 is 0 Å². The molecule has 1 aromatic carbocycles. The van der Waals surface area contributed by atoms with E-state index in [9.17, 15) is 9.59 Å². The number of aryl methyl sites for hydroxylation is 3. The van der Waals surface area contributed by atoms with Gasteiger partial charge in [-0.25, -0.2) is 9.97 Å². The van der Waals surface area contributed by atoms with Gasteiger partial charge >= 0.3 is 0 Å². The van der Waals surface area contributed by atoms with Crippen molar-refractivity contribution < 1.29 is 9.59 Å². The van der Waals surface area contributed by atoms with Crippen LogP contribution in [-0.2, 0) is 4.79 Å². The number of Topliss-reactive ketones (excluding diaryl/α,β-unsaturated/α-hetero) is 1. The first-order valence-electron chi connectivity index (χ1n) is 8.13. The fraction of sp³-hybridized carbons (Fsp3) is 0.263. The van der Waals surface area contributed by atoms with Gasteiger partial charge in [-0.2, -0.15) is 0 Å². The molecule has 3 aromatic rings. The highest BCUT2D eigenvalue weighted by Gasteiger charge is 2.16. The number of nitrogens with one attached hydrogen (secondary N) is 1. The van der Waals surface area contributed by atoms with Crippen LogP contribution in [0, 0.1) is 20.8 Å². The maximum absolute atomic E-state index is 12.4. The molecule has 5 nitrogen and oxygen atoms in total. The Bertz CT molecular complexity index is 1010. The molecule has 0 unspecified atom stereocenters. The number of carbonyl (C=O) groups excluding carboxylic acids is 2. The van der Waals surface area contributed by atoms with Crippen LogP contribution in [0.3, 0.4) is 0 Å². The second-order valence-corrected chi connectivity index (χ2v) is 8.15. The molecule has 0 aliphatic carbocycles. The van der Waals surface area contributed by atoms with E-state index in [0.717, 1.165) is 20.8 Å². The summed E-state index contributed by atoms with van der Waals surface area (Å²) < 4.78 is 0. The Balaban J connectivity index is 1.79. The van der Waals surface area contributed by atoms with Gasteiger partial charge in [0.15, 0.2) is 5.78 Å². The van der Waals surface area contributed by atoms with Crippen LogP contribution in [0.5, 0.6) is 0 Å². The first-order chi connectivity index (χ1) is 12.4. The third kappa shape index (κ3) is 3.78. The molecule has 1 N–H and O–H groups in total. The fourth-order valence-corrected chi connectivity index (χ4v) is 4.71. The monoisotopic (exact) mass is 385 g/mol. The number of hydrogen-bond donors (Lipinski definition) is 1. The van der Waals surface area contributed by atoms with Gasteiger partial charge < -0.3 is 5.32 Å². The molecule has 0 fully saturated rings. The fourth-order valence-electron chi connectivity index (χ4n) is 2.64. The van der Waals surface area contributed by atoms with E-state index in [4.69, 9.17) is 0 Å². The Hall–Kier alpha value is -2.25. The highest BCUT2D eigenvalue weighted by Crippen LogP contribution is 2.35. The van der Waals surface area contributed by atoms with Crippen molar-refractivity contribution in [1.82, 2.24) is 9.97 Å². The number of hydrogen-bond acceptors (Lipinski definition) is 6. The van der Waals surface area contributed by atoms with Gasteiger partial charge in [-0.05, 0) is 45.4 Å². The van der Waals surface area contributed by atoms with Gasteiger partial charge in [-0.15, -0.1) is 11.3 Å². The summed E-state index contributed by atoms with van der Waals surface area (Å²) in [6.07, 6.45) is 0. The quantitative estimate of drug-likeness (QED) is 0.396. The largest absolute Gasteiger partial charge is 0.325 e. The number of amides is 1. The lowest BCUT2D eigenvalue weighted by Crippen LogP contribution is -2.16. The van der Waals surface area contributed by atoms with E-state index in [0.29, 0.717) is 17.1 Å². The Labute approximate surface area is 160 Å². The summed E-state index contributed by atoms with van der Waals surface area (Å²) in [6.45, 7) is 7.47. The molecule has 1 amide bonds. The molecule has 0 bridgehead atoms. The Kier molecular flexibility index (Phi) is 5.38. The van der Waals surface area contributed by atoms with Crippen LogP contribution in [0.2, 0.25) is 0 Å². The molecular formula is C19H19N3O2S2. The van der Waals surface area contributed by atoms with Crippen LogP contribution < -0.4 is 5.32 Å². The molecule has 0 aliphatic heterocycles. The molecule has 0 saturated carbocycles. The maximum Gasteiger partial charge on any atom is 0.234 e. The zero-order chi connectivity index (χ0) is 18.8. The van der Waals surface area contributed by atoms with Gasteiger partial charge in [-0.3, -0.25) is 9.59 Å². The van der Waals surface area contributed by atoms with Crippen molar-refractivity contribution in [3.63, 3.8) is 0 Å². The molecule has 0 radical (unpaired) electrons. The van der Waals surface area contributed by atoms with Crippen molar-refractivity contribution in [2.24, 2.45) is 0 Å². The number of ketones is 1. The lowest BCUT2D eigenvalue weighted by molar-refractivity contribution is -0.113. The van der Waals surface area contributed by atoms with E-state index in [-0.39, 0.29) is 17.4 Å². The average molecular weight is 386 g/mol. The minimum Gasteiger partial charge on any atom is -0.325 e. The van der Waals surface area contributed by atoms with Crippen LogP contribution in [0.4, 0.5) is 5.69 Å². The molecule has 0 atom stereocenters. The van der Waals surface area contributed by atoms with Crippen molar-refractivity contribution >= 4 is 50.7 Å². The molecular weight excluding hydrogens is 366 g/mol. The van der Waals surface area contributed by atoms with Crippen molar-refractivity contribution in [1.29, 1.82) is 0 Å². The predicted molar refractivity (Wildman–Crippen MR) is 107 cm³/mol. The van der Waals surface area contributed by atoms with Crippen molar-refractivity contribution in [3.8, 4) is 0 Å². The summed E-state index contributed by atoms with van der Waals surface area (Å²) in [5.74, 6) is 0.666. The van der Waals surface area contributed by atoms with Crippen molar-refractivity contribution in [3.05, 3.63) is 46.1 Å². The van der Waals surface area contributed by atoms with Crippen molar-refractivity contribution in [2.75, 3.05) is 11.1 Å². The predicted octanol–water partition coefficient (Wildman–Crippen LogP) is 4.55. The topological polar surface area (TPSA) is 72.0 Å². The third-order valence-corrected chi connectivity index (χ3v) is 6.10. The molecule has 2 aromatic heterocycles. The molecule has 0 saturated heterocycles. The molecule has 134 valence electrons. The van der Waals surface area contributed by atoms with Crippen LogP contribution in [0.15, 0.2) is 29.3 Å². The third-order valence-electron chi connectivity index (χ3n) is 4.03. The van der Waals surface area contributed by atoms with Gasteiger partial charge in [0.2, 0.25) is 5.91 Å². The number of fused-ring (bicyclic) bond motifs is 1. The number of rotatable bonds is 5. The second kappa shape index (κ2) is 7.55. The number of carbonyl (C=O) groups is 2. The minimum atomic E-state index is -0.169. The average Bonchev–Trinajstić information content (AvgIpc) is 2.87. The number of thioether (sulfide) groups is 1. The minimum absolute atomic E-state index is 0.0777. The van der Waals surface area contributed by atoms with E-state index < -0.39 is 0 Å². The van der Waals surface area contributed by atoms with E-state index in [1.54, 1.807) is 35.6 Å². The summed E-state index contributed by atoms with van der Waals surface area (Å²) in [7, 11) is 0. The molecule has 7 heteroatoms. The molecule has 3 rings (SSSR count). The second-order valence-electron chi connectivity index (χ2n) is 5.98. The highest BCUT2D eigenvalue weighted by atomic mass is 32.2. The van der Waals surface area contributed by atoms with E-state index in [1.807, 2.05) is 6.92 Å². The van der Waals surface area contributed by atoms with Crippen LogP contribution >= 0.6 is 23.1 Å². The molecule has 0 aliphatic rings. The summed E-state index contributed by atoms with van der Waals surface area (Å²) >= 11 is 3.04. The summed E-state index contributed by atoms with van der Waals surface area (Å²) in [5, 5.41) is 4.67. The van der Waals surface area contributed by atoms with Gasteiger partial charge in [-0.1, -0.05) is 23.9 Å². The zero-order valence-electron chi connectivity index (χ0n) is 15.0. The highest BCUT2D eigenvalue weighted by molar-refractivity contribution is 8.00. The van der Waals surface area contributed by atoms with Gasteiger partial charge in [0.25, 0.3) is 0 Å². The number of thiophene rings is 1.